The summed E-state index contributed by atoms with van der Waals surface area (Å²) in [7, 11) is 0. The Bertz CT molecular complexity index is 473. The van der Waals surface area contributed by atoms with Gasteiger partial charge in [-0.15, -0.1) is 0 Å². The number of rotatable bonds is 3. The summed E-state index contributed by atoms with van der Waals surface area (Å²) >= 11 is 0. The van der Waals surface area contributed by atoms with E-state index in [2.05, 4.69) is 31.2 Å². The lowest BCUT2D eigenvalue weighted by Crippen LogP contribution is -1.99. The third-order valence-corrected chi connectivity index (χ3v) is 3.11. The molecule has 0 fully saturated rings. The van der Waals surface area contributed by atoms with Crippen molar-refractivity contribution in [2.45, 2.75) is 19.4 Å². The van der Waals surface area contributed by atoms with Crippen molar-refractivity contribution in [3.8, 4) is 5.75 Å². The van der Waals surface area contributed by atoms with E-state index in [0.29, 0.717) is 18.2 Å². The molecule has 0 aliphatic carbocycles. The lowest BCUT2D eigenvalue weighted by atomic mass is 9.92. The standard InChI is InChI=1S/C15H17NO/c1-11(14-6-8-15(17)9-7-14)13-4-2-12(10-16)3-5-13/h2-9,11,17H,10,16H2,1H3. The van der Waals surface area contributed by atoms with Gasteiger partial charge in [-0.25, -0.2) is 0 Å². The van der Waals surface area contributed by atoms with Crippen LogP contribution < -0.4 is 5.73 Å². The Morgan fingerprint density at radius 2 is 1.41 bits per heavy atom. The summed E-state index contributed by atoms with van der Waals surface area (Å²) in [6.45, 7) is 2.73. The maximum Gasteiger partial charge on any atom is 0.115 e. The van der Waals surface area contributed by atoms with Gasteiger partial charge in [0.2, 0.25) is 0 Å². The minimum Gasteiger partial charge on any atom is -0.508 e. The quantitative estimate of drug-likeness (QED) is 0.846. The van der Waals surface area contributed by atoms with Crippen molar-refractivity contribution in [3.05, 3.63) is 65.2 Å². The molecule has 0 saturated carbocycles. The zero-order valence-electron chi connectivity index (χ0n) is 9.93. The number of hydrogen-bond donors (Lipinski definition) is 2. The fraction of sp³-hybridized carbons (Fsp3) is 0.200. The average Bonchev–Trinajstić information content (AvgIpc) is 2.39. The number of aromatic hydroxyl groups is 1. The second kappa shape index (κ2) is 5.02. The van der Waals surface area contributed by atoms with Crippen molar-refractivity contribution in [2.24, 2.45) is 5.73 Å². The van der Waals surface area contributed by atoms with Gasteiger partial charge in [0.15, 0.2) is 0 Å². The molecule has 0 aromatic heterocycles. The van der Waals surface area contributed by atoms with Crippen molar-refractivity contribution in [2.75, 3.05) is 0 Å². The Kier molecular flexibility index (Phi) is 3.45. The first-order chi connectivity index (χ1) is 8.20. The van der Waals surface area contributed by atoms with Crippen LogP contribution in [-0.4, -0.2) is 5.11 Å². The highest BCUT2D eigenvalue weighted by molar-refractivity contribution is 5.35. The van der Waals surface area contributed by atoms with Gasteiger partial charge in [-0.05, 0) is 28.8 Å². The van der Waals surface area contributed by atoms with Gasteiger partial charge in [0.1, 0.15) is 5.75 Å². The molecular formula is C15H17NO. The Labute approximate surface area is 102 Å². The Hall–Kier alpha value is -1.80. The summed E-state index contributed by atoms with van der Waals surface area (Å²) < 4.78 is 0. The summed E-state index contributed by atoms with van der Waals surface area (Å²) in [5.74, 6) is 0.627. The van der Waals surface area contributed by atoms with E-state index < -0.39 is 0 Å². The number of phenolic OH excluding ortho intramolecular Hbond substituents is 1. The van der Waals surface area contributed by atoms with Crippen molar-refractivity contribution in [1.29, 1.82) is 0 Å². The molecule has 1 unspecified atom stereocenters. The summed E-state index contributed by atoms with van der Waals surface area (Å²) in [5.41, 5.74) is 9.18. The zero-order chi connectivity index (χ0) is 12.3. The van der Waals surface area contributed by atoms with E-state index in [9.17, 15) is 5.11 Å². The SMILES string of the molecule is CC(c1ccc(O)cc1)c1ccc(CN)cc1. The maximum absolute atomic E-state index is 9.26. The molecule has 0 bridgehead atoms. The lowest BCUT2D eigenvalue weighted by Gasteiger charge is -2.13. The summed E-state index contributed by atoms with van der Waals surface area (Å²) in [5, 5.41) is 9.26. The van der Waals surface area contributed by atoms with Crippen LogP contribution in [0.5, 0.6) is 5.75 Å². The monoisotopic (exact) mass is 227 g/mol. The average molecular weight is 227 g/mol. The van der Waals surface area contributed by atoms with Crippen LogP contribution in [0.4, 0.5) is 0 Å². The van der Waals surface area contributed by atoms with Crippen LogP contribution >= 0.6 is 0 Å². The van der Waals surface area contributed by atoms with E-state index in [0.717, 1.165) is 5.56 Å². The largest absolute Gasteiger partial charge is 0.508 e. The third-order valence-electron chi connectivity index (χ3n) is 3.11. The van der Waals surface area contributed by atoms with E-state index in [4.69, 9.17) is 5.73 Å². The first-order valence-electron chi connectivity index (χ1n) is 5.78. The van der Waals surface area contributed by atoms with Gasteiger partial charge in [-0.3, -0.25) is 0 Å². The predicted molar refractivity (Wildman–Crippen MR) is 70.0 cm³/mol. The van der Waals surface area contributed by atoms with Crippen molar-refractivity contribution < 1.29 is 5.11 Å². The molecule has 0 radical (unpaired) electrons. The van der Waals surface area contributed by atoms with E-state index >= 15 is 0 Å². The molecule has 3 N–H and O–H groups in total. The fourth-order valence-electron chi connectivity index (χ4n) is 1.90. The normalized spacial score (nSPS) is 12.4. The highest BCUT2D eigenvalue weighted by atomic mass is 16.3. The van der Waals surface area contributed by atoms with E-state index in [1.807, 2.05) is 12.1 Å². The molecule has 0 spiro atoms. The molecule has 2 aromatic rings. The van der Waals surface area contributed by atoms with E-state index in [1.165, 1.54) is 11.1 Å². The topological polar surface area (TPSA) is 46.2 Å². The third kappa shape index (κ3) is 2.66. The second-order valence-electron chi connectivity index (χ2n) is 4.26. The van der Waals surface area contributed by atoms with Crippen molar-refractivity contribution in [1.82, 2.24) is 0 Å². The maximum atomic E-state index is 9.26. The number of benzene rings is 2. The number of nitrogens with two attached hydrogens (primary N) is 1. The molecule has 0 saturated heterocycles. The summed E-state index contributed by atoms with van der Waals surface area (Å²) in [4.78, 5) is 0. The van der Waals surface area contributed by atoms with Gasteiger partial charge >= 0.3 is 0 Å². The van der Waals surface area contributed by atoms with Crippen LogP contribution in [0.1, 0.15) is 29.5 Å². The van der Waals surface area contributed by atoms with Crippen LogP contribution in [0.2, 0.25) is 0 Å². The van der Waals surface area contributed by atoms with Gasteiger partial charge in [-0.1, -0.05) is 43.3 Å². The molecule has 2 nitrogen and oxygen atoms in total. The first kappa shape index (κ1) is 11.7. The molecule has 2 aromatic carbocycles. The van der Waals surface area contributed by atoms with Crippen LogP contribution in [0.15, 0.2) is 48.5 Å². The van der Waals surface area contributed by atoms with Gasteiger partial charge in [0, 0.05) is 12.5 Å². The van der Waals surface area contributed by atoms with Crippen molar-refractivity contribution in [3.63, 3.8) is 0 Å². The zero-order valence-corrected chi connectivity index (χ0v) is 9.93. The molecule has 0 aliphatic heterocycles. The molecule has 17 heavy (non-hydrogen) atoms. The molecule has 0 aliphatic rings. The van der Waals surface area contributed by atoms with Crippen LogP contribution in [0.3, 0.4) is 0 Å². The first-order valence-corrected chi connectivity index (χ1v) is 5.78. The fourth-order valence-corrected chi connectivity index (χ4v) is 1.90. The Balaban J connectivity index is 2.23. The highest BCUT2D eigenvalue weighted by Gasteiger charge is 2.07. The van der Waals surface area contributed by atoms with Crippen LogP contribution in [0, 0.1) is 0 Å². The second-order valence-corrected chi connectivity index (χ2v) is 4.26. The molecule has 0 heterocycles. The minimum absolute atomic E-state index is 0.305. The summed E-state index contributed by atoms with van der Waals surface area (Å²) in [6.07, 6.45) is 0. The van der Waals surface area contributed by atoms with Crippen molar-refractivity contribution >= 4 is 0 Å². The van der Waals surface area contributed by atoms with Crippen LogP contribution in [0.25, 0.3) is 0 Å². The smallest absolute Gasteiger partial charge is 0.115 e. The van der Waals surface area contributed by atoms with E-state index in [-0.39, 0.29) is 0 Å². The number of hydrogen-bond acceptors (Lipinski definition) is 2. The lowest BCUT2D eigenvalue weighted by molar-refractivity contribution is 0.475. The Morgan fingerprint density at radius 1 is 0.941 bits per heavy atom. The highest BCUT2D eigenvalue weighted by Crippen LogP contribution is 2.25. The van der Waals surface area contributed by atoms with Crippen LogP contribution in [-0.2, 0) is 6.54 Å². The Morgan fingerprint density at radius 3 is 1.88 bits per heavy atom. The molecule has 0 amide bonds. The van der Waals surface area contributed by atoms with Gasteiger partial charge in [0.25, 0.3) is 0 Å². The predicted octanol–water partition coefficient (Wildman–Crippen LogP) is 3.00. The van der Waals surface area contributed by atoms with Gasteiger partial charge < -0.3 is 10.8 Å². The molecule has 1 atom stereocenters. The molecule has 88 valence electrons. The van der Waals surface area contributed by atoms with Gasteiger partial charge in [0.05, 0.1) is 0 Å². The number of phenols is 1. The molecule has 2 heteroatoms. The summed E-state index contributed by atoms with van der Waals surface area (Å²) in [6, 6.07) is 15.7. The molecular weight excluding hydrogens is 210 g/mol. The van der Waals surface area contributed by atoms with Gasteiger partial charge in [-0.2, -0.15) is 0 Å². The van der Waals surface area contributed by atoms with E-state index in [1.54, 1.807) is 12.1 Å². The minimum atomic E-state index is 0.305. The molecule has 2 rings (SSSR count).